The summed E-state index contributed by atoms with van der Waals surface area (Å²) in [6, 6.07) is 5.71. The molecule has 4 nitrogen and oxygen atoms in total. The molecule has 1 aromatic rings. The summed E-state index contributed by atoms with van der Waals surface area (Å²) in [7, 11) is 0. The van der Waals surface area contributed by atoms with Crippen LogP contribution in [0.25, 0.3) is 0 Å². The van der Waals surface area contributed by atoms with Crippen molar-refractivity contribution in [1.29, 1.82) is 0 Å². The molecule has 0 aromatic carbocycles. The van der Waals surface area contributed by atoms with Gasteiger partial charge in [0.05, 0.1) is 17.8 Å². The van der Waals surface area contributed by atoms with Crippen LogP contribution in [0.5, 0.6) is 0 Å². The fourth-order valence-electron chi connectivity index (χ4n) is 2.00. The van der Waals surface area contributed by atoms with Crippen LogP contribution < -0.4 is 5.73 Å². The molecule has 0 bridgehead atoms. The first kappa shape index (κ1) is 17.9. The monoisotopic (exact) mass is 285 g/mol. The zero-order valence-corrected chi connectivity index (χ0v) is 12.7. The summed E-state index contributed by atoms with van der Waals surface area (Å²) in [6.45, 7) is 6.97. The van der Waals surface area contributed by atoms with Gasteiger partial charge in [-0.15, -0.1) is 12.4 Å². The van der Waals surface area contributed by atoms with Gasteiger partial charge >= 0.3 is 0 Å². The van der Waals surface area contributed by atoms with Crippen molar-refractivity contribution < 1.29 is 4.79 Å². The molecule has 0 aliphatic carbocycles. The predicted octanol–water partition coefficient (Wildman–Crippen LogP) is 2.37. The molecule has 0 aliphatic heterocycles. The van der Waals surface area contributed by atoms with E-state index in [9.17, 15) is 4.79 Å². The van der Waals surface area contributed by atoms with E-state index in [-0.39, 0.29) is 18.3 Å². The maximum absolute atomic E-state index is 12.4. The van der Waals surface area contributed by atoms with Crippen molar-refractivity contribution in [2.45, 2.75) is 45.7 Å². The Bertz CT molecular complexity index is 382. The Balaban J connectivity index is 0.00000324. The number of aromatic nitrogens is 1. The Morgan fingerprint density at radius 3 is 2.58 bits per heavy atom. The van der Waals surface area contributed by atoms with Gasteiger partial charge in [-0.25, -0.2) is 0 Å². The fraction of sp³-hybridized carbons (Fsp3) is 0.571. The standard InChI is InChI=1S/C14H23N3O.ClH/c1-4-9-14(3,15)13(18)17(5-2)11-12-8-6-7-10-16-12;/h6-8,10H,4-5,9,11,15H2,1-3H3;1H. The Hall–Kier alpha value is -1.13. The molecular weight excluding hydrogens is 262 g/mol. The van der Waals surface area contributed by atoms with E-state index in [1.165, 1.54) is 0 Å². The number of amides is 1. The molecule has 19 heavy (non-hydrogen) atoms. The lowest BCUT2D eigenvalue weighted by molar-refractivity contribution is -0.137. The molecule has 1 heterocycles. The summed E-state index contributed by atoms with van der Waals surface area (Å²) in [5, 5.41) is 0. The zero-order valence-electron chi connectivity index (χ0n) is 11.9. The van der Waals surface area contributed by atoms with E-state index in [4.69, 9.17) is 5.73 Å². The molecule has 0 spiro atoms. The molecule has 2 N–H and O–H groups in total. The number of carbonyl (C=O) groups is 1. The minimum absolute atomic E-state index is 0. The predicted molar refractivity (Wildman–Crippen MR) is 80.1 cm³/mol. The summed E-state index contributed by atoms with van der Waals surface area (Å²) < 4.78 is 0. The SMILES string of the molecule is CCCC(C)(N)C(=O)N(CC)Cc1ccccn1.Cl. The van der Waals surface area contributed by atoms with Crippen molar-refractivity contribution in [3.8, 4) is 0 Å². The van der Waals surface area contributed by atoms with E-state index < -0.39 is 5.54 Å². The molecule has 5 heteroatoms. The van der Waals surface area contributed by atoms with Gasteiger partial charge in [-0.2, -0.15) is 0 Å². The number of likely N-dealkylation sites (N-methyl/N-ethyl adjacent to an activating group) is 1. The quantitative estimate of drug-likeness (QED) is 0.873. The van der Waals surface area contributed by atoms with Crippen LogP contribution >= 0.6 is 12.4 Å². The Labute approximate surface area is 121 Å². The number of halogens is 1. The average molecular weight is 286 g/mol. The normalized spacial score (nSPS) is 13.3. The molecule has 0 fully saturated rings. The van der Waals surface area contributed by atoms with Crippen LogP contribution in [-0.4, -0.2) is 27.9 Å². The van der Waals surface area contributed by atoms with Gasteiger partial charge in [-0.3, -0.25) is 9.78 Å². The summed E-state index contributed by atoms with van der Waals surface area (Å²) in [4.78, 5) is 18.4. The van der Waals surface area contributed by atoms with Crippen LogP contribution in [0.2, 0.25) is 0 Å². The number of nitrogens with two attached hydrogens (primary N) is 1. The molecule has 108 valence electrons. The molecular formula is C14H24ClN3O. The van der Waals surface area contributed by atoms with Crippen molar-refractivity contribution >= 4 is 18.3 Å². The number of hydrogen-bond donors (Lipinski definition) is 1. The largest absolute Gasteiger partial charge is 0.335 e. The molecule has 0 radical (unpaired) electrons. The van der Waals surface area contributed by atoms with Crippen molar-refractivity contribution in [3.63, 3.8) is 0 Å². The van der Waals surface area contributed by atoms with Gasteiger partial charge in [-0.05, 0) is 32.4 Å². The first-order valence-corrected chi connectivity index (χ1v) is 6.49. The lowest BCUT2D eigenvalue weighted by atomic mass is 9.95. The maximum Gasteiger partial charge on any atom is 0.242 e. The second-order valence-corrected chi connectivity index (χ2v) is 4.81. The Morgan fingerprint density at radius 2 is 2.11 bits per heavy atom. The van der Waals surface area contributed by atoms with E-state index in [0.29, 0.717) is 19.5 Å². The molecule has 0 aliphatic rings. The lowest BCUT2D eigenvalue weighted by Gasteiger charge is -2.30. The van der Waals surface area contributed by atoms with Crippen molar-refractivity contribution in [2.75, 3.05) is 6.54 Å². The summed E-state index contributed by atoms with van der Waals surface area (Å²) in [5.41, 5.74) is 6.20. The second kappa shape index (κ2) is 8.12. The first-order chi connectivity index (χ1) is 8.51. The second-order valence-electron chi connectivity index (χ2n) is 4.81. The number of nitrogens with zero attached hydrogens (tertiary/aromatic N) is 2. The van der Waals surface area contributed by atoms with E-state index >= 15 is 0 Å². The zero-order chi connectivity index (χ0) is 13.6. The Kier molecular flexibility index (Phi) is 7.64. The number of hydrogen-bond acceptors (Lipinski definition) is 3. The van der Waals surface area contributed by atoms with Crippen LogP contribution in [0.4, 0.5) is 0 Å². The molecule has 1 unspecified atom stereocenters. The highest BCUT2D eigenvalue weighted by atomic mass is 35.5. The van der Waals surface area contributed by atoms with Crippen LogP contribution in [0, 0.1) is 0 Å². The highest BCUT2D eigenvalue weighted by Crippen LogP contribution is 2.14. The van der Waals surface area contributed by atoms with E-state index in [0.717, 1.165) is 12.1 Å². The van der Waals surface area contributed by atoms with Crippen LogP contribution in [0.15, 0.2) is 24.4 Å². The third-order valence-electron chi connectivity index (χ3n) is 3.01. The average Bonchev–Trinajstić information content (AvgIpc) is 2.36. The molecule has 1 aromatic heterocycles. The van der Waals surface area contributed by atoms with Gasteiger partial charge < -0.3 is 10.6 Å². The molecule has 1 rings (SSSR count). The van der Waals surface area contributed by atoms with Gasteiger partial charge in [0.15, 0.2) is 0 Å². The molecule has 0 saturated heterocycles. The number of carbonyl (C=O) groups excluding carboxylic acids is 1. The van der Waals surface area contributed by atoms with Gasteiger partial charge in [0.1, 0.15) is 0 Å². The minimum atomic E-state index is -0.778. The highest BCUT2D eigenvalue weighted by molar-refractivity contribution is 5.85. The summed E-state index contributed by atoms with van der Waals surface area (Å²) in [6.07, 6.45) is 3.34. The van der Waals surface area contributed by atoms with Crippen LogP contribution in [0.3, 0.4) is 0 Å². The topological polar surface area (TPSA) is 59.2 Å². The third-order valence-corrected chi connectivity index (χ3v) is 3.01. The number of rotatable bonds is 6. The minimum Gasteiger partial charge on any atom is -0.335 e. The Morgan fingerprint density at radius 1 is 1.42 bits per heavy atom. The van der Waals surface area contributed by atoms with E-state index in [1.54, 1.807) is 18.0 Å². The summed E-state index contributed by atoms with van der Waals surface area (Å²) >= 11 is 0. The van der Waals surface area contributed by atoms with Crippen molar-refractivity contribution in [1.82, 2.24) is 9.88 Å². The lowest BCUT2D eigenvalue weighted by Crippen LogP contribution is -2.52. The van der Waals surface area contributed by atoms with Crippen molar-refractivity contribution in [2.24, 2.45) is 5.73 Å². The number of pyridine rings is 1. The van der Waals surface area contributed by atoms with Crippen LogP contribution in [0.1, 0.15) is 39.3 Å². The van der Waals surface area contributed by atoms with E-state index in [2.05, 4.69) is 4.98 Å². The maximum atomic E-state index is 12.4. The fourth-order valence-corrected chi connectivity index (χ4v) is 2.00. The molecule has 1 amide bonds. The smallest absolute Gasteiger partial charge is 0.242 e. The third kappa shape index (κ3) is 5.17. The van der Waals surface area contributed by atoms with Gasteiger partial charge in [0, 0.05) is 12.7 Å². The van der Waals surface area contributed by atoms with Gasteiger partial charge in [-0.1, -0.05) is 19.4 Å². The highest BCUT2D eigenvalue weighted by Gasteiger charge is 2.31. The molecule has 1 atom stereocenters. The first-order valence-electron chi connectivity index (χ1n) is 6.49. The molecule has 0 saturated carbocycles. The van der Waals surface area contributed by atoms with E-state index in [1.807, 2.05) is 32.0 Å². The van der Waals surface area contributed by atoms with Gasteiger partial charge in [0.2, 0.25) is 5.91 Å². The van der Waals surface area contributed by atoms with Crippen LogP contribution in [-0.2, 0) is 11.3 Å². The van der Waals surface area contributed by atoms with Crippen molar-refractivity contribution in [3.05, 3.63) is 30.1 Å². The summed E-state index contributed by atoms with van der Waals surface area (Å²) in [5.74, 6) is -0.00231. The van der Waals surface area contributed by atoms with Gasteiger partial charge in [0.25, 0.3) is 0 Å².